The van der Waals surface area contributed by atoms with Crippen LogP contribution in [0.2, 0.25) is 0 Å². The summed E-state index contributed by atoms with van der Waals surface area (Å²) < 4.78 is 5.79. The second-order valence-corrected chi connectivity index (χ2v) is 4.88. The van der Waals surface area contributed by atoms with Crippen molar-refractivity contribution in [1.29, 1.82) is 5.26 Å². The Bertz CT molecular complexity index is 623. The van der Waals surface area contributed by atoms with E-state index in [0.29, 0.717) is 17.2 Å². The molecule has 0 aliphatic rings. The Balaban J connectivity index is 2.30. The predicted molar refractivity (Wildman–Crippen MR) is 76.5 cm³/mol. The first-order chi connectivity index (χ1) is 9.11. The number of rotatable bonds is 3. The Morgan fingerprint density at radius 3 is 2.47 bits per heavy atom. The van der Waals surface area contributed by atoms with Crippen LogP contribution in [0.1, 0.15) is 36.5 Å². The Kier molecular flexibility index (Phi) is 3.87. The highest BCUT2D eigenvalue weighted by Gasteiger charge is 2.07. The molecule has 0 radical (unpaired) electrons. The molecule has 2 heteroatoms. The van der Waals surface area contributed by atoms with E-state index in [-0.39, 0.29) is 0 Å². The zero-order chi connectivity index (χ0) is 13.8. The number of nitriles is 1. The third-order valence-electron chi connectivity index (χ3n) is 3.10. The highest BCUT2D eigenvalue weighted by atomic mass is 16.5. The molecule has 0 aliphatic heterocycles. The van der Waals surface area contributed by atoms with Crippen LogP contribution in [0.5, 0.6) is 11.5 Å². The molecule has 2 nitrogen and oxygen atoms in total. The van der Waals surface area contributed by atoms with E-state index in [1.165, 1.54) is 11.1 Å². The summed E-state index contributed by atoms with van der Waals surface area (Å²) in [6, 6.07) is 15.5. The van der Waals surface area contributed by atoms with E-state index in [0.717, 1.165) is 5.75 Å². The van der Waals surface area contributed by atoms with Crippen molar-refractivity contribution in [3.8, 4) is 17.6 Å². The quantitative estimate of drug-likeness (QED) is 0.786. The largest absolute Gasteiger partial charge is 0.456 e. The van der Waals surface area contributed by atoms with Gasteiger partial charge in [0.05, 0.1) is 5.56 Å². The van der Waals surface area contributed by atoms with Gasteiger partial charge >= 0.3 is 0 Å². The molecule has 2 rings (SSSR count). The molecule has 2 aromatic rings. The second-order valence-electron chi connectivity index (χ2n) is 4.88. The molecule has 0 aromatic heterocycles. The van der Waals surface area contributed by atoms with E-state index in [1.54, 1.807) is 6.07 Å². The van der Waals surface area contributed by atoms with Crippen LogP contribution in [0.15, 0.2) is 42.5 Å². The molecule has 96 valence electrons. The summed E-state index contributed by atoms with van der Waals surface area (Å²) in [5, 5.41) is 9.04. The van der Waals surface area contributed by atoms with Gasteiger partial charge in [-0.3, -0.25) is 0 Å². The lowest BCUT2D eigenvalue weighted by atomic mass is 9.98. The van der Waals surface area contributed by atoms with Gasteiger partial charge in [0.25, 0.3) is 0 Å². The predicted octanol–water partition coefficient (Wildman–Crippen LogP) is 4.78. The van der Waals surface area contributed by atoms with Gasteiger partial charge in [0, 0.05) is 0 Å². The summed E-state index contributed by atoms with van der Waals surface area (Å²) in [5.74, 6) is 1.87. The SMILES string of the molecule is Cc1cc(Oc2ccccc2C#N)ccc1C(C)C. The van der Waals surface area contributed by atoms with Crippen molar-refractivity contribution < 1.29 is 4.74 Å². The maximum absolute atomic E-state index is 9.04. The van der Waals surface area contributed by atoms with Gasteiger partial charge in [-0.1, -0.05) is 32.0 Å². The molecular formula is C17H17NO. The maximum Gasteiger partial charge on any atom is 0.145 e. The van der Waals surface area contributed by atoms with E-state index in [4.69, 9.17) is 10.00 Å². The fourth-order valence-corrected chi connectivity index (χ4v) is 2.13. The van der Waals surface area contributed by atoms with Gasteiger partial charge in [-0.25, -0.2) is 0 Å². The average Bonchev–Trinajstić information content (AvgIpc) is 2.39. The number of hydrogen-bond donors (Lipinski definition) is 0. The number of ether oxygens (including phenoxy) is 1. The van der Waals surface area contributed by atoms with E-state index in [1.807, 2.05) is 30.3 Å². The van der Waals surface area contributed by atoms with E-state index >= 15 is 0 Å². The van der Waals surface area contributed by atoms with Crippen molar-refractivity contribution in [1.82, 2.24) is 0 Å². The van der Waals surface area contributed by atoms with Crippen LogP contribution in [-0.2, 0) is 0 Å². The van der Waals surface area contributed by atoms with Gasteiger partial charge in [0.2, 0.25) is 0 Å². The lowest BCUT2D eigenvalue weighted by molar-refractivity contribution is 0.480. The van der Waals surface area contributed by atoms with Crippen LogP contribution >= 0.6 is 0 Å². The van der Waals surface area contributed by atoms with E-state index in [2.05, 4.69) is 32.9 Å². The topological polar surface area (TPSA) is 33.0 Å². The zero-order valence-electron chi connectivity index (χ0n) is 11.5. The first-order valence-electron chi connectivity index (χ1n) is 6.39. The fourth-order valence-electron chi connectivity index (χ4n) is 2.13. The second kappa shape index (κ2) is 5.58. The van der Waals surface area contributed by atoms with E-state index < -0.39 is 0 Å². The molecule has 0 aliphatic carbocycles. The molecule has 0 atom stereocenters. The van der Waals surface area contributed by atoms with Crippen molar-refractivity contribution in [2.45, 2.75) is 26.7 Å². The number of nitrogens with zero attached hydrogens (tertiary/aromatic N) is 1. The minimum Gasteiger partial charge on any atom is -0.456 e. The van der Waals surface area contributed by atoms with Crippen molar-refractivity contribution >= 4 is 0 Å². The van der Waals surface area contributed by atoms with Crippen molar-refractivity contribution in [2.75, 3.05) is 0 Å². The lowest BCUT2D eigenvalue weighted by Crippen LogP contribution is -1.93. The first kappa shape index (κ1) is 13.2. The van der Waals surface area contributed by atoms with Gasteiger partial charge in [-0.15, -0.1) is 0 Å². The Hall–Kier alpha value is -2.27. The van der Waals surface area contributed by atoms with Crippen LogP contribution in [0, 0.1) is 18.3 Å². The normalized spacial score (nSPS) is 10.3. The molecule has 0 spiro atoms. The highest BCUT2D eigenvalue weighted by Crippen LogP contribution is 2.28. The van der Waals surface area contributed by atoms with Crippen molar-refractivity contribution in [3.63, 3.8) is 0 Å². The summed E-state index contributed by atoms with van der Waals surface area (Å²) in [6.45, 7) is 6.43. The highest BCUT2D eigenvalue weighted by molar-refractivity contribution is 5.46. The minimum atomic E-state index is 0.500. The molecule has 0 saturated heterocycles. The number of aryl methyl sites for hydroxylation is 1. The summed E-state index contributed by atoms with van der Waals surface area (Å²) in [6.07, 6.45) is 0. The number of hydrogen-bond acceptors (Lipinski definition) is 2. The average molecular weight is 251 g/mol. The molecule has 0 saturated carbocycles. The van der Waals surface area contributed by atoms with Gasteiger partial charge in [-0.2, -0.15) is 5.26 Å². The van der Waals surface area contributed by atoms with Crippen LogP contribution in [0.25, 0.3) is 0 Å². The third kappa shape index (κ3) is 2.95. The Labute approximate surface area is 114 Å². The van der Waals surface area contributed by atoms with Crippen LogP contribution in [0.3, 0.4) is 0 Å². The Morgan fingerprint density at radius 1 is 1.11 bits per heavy atom. The third-order valence-corrected chi connectivity index (χ3v) is 3.10. The van der Waals surface area contributed by atoms with Gasteiger partial charge < -0.3 is 4.74 Å². The Morgan fingerprint density at radius 2 is 1.84 bits per heavy atom. The molecule has 0 N–H and O–H groups in total. The first-order valence-corrected chi connectivity index (χ1v) is 6.39. The summed E-state index contributed by atoms with van der Waals surface area (Å²) in [4.78, 5) is 0. The summed E-state index contributed by atoms with van der Waals surface area (Å²) >= 11 is 0. The minimum absolute atomic E-state index is 0.500. The molecular weight excluding hydrogens is 234 g/mol. The standard InChI is InChI=1S/C17H17NO/c1-12(2)16-9-8-15(10-13(16)3)19-17-7-5-4-6-14(17)11-18/h4-10,12H,1-3H3. The van der Waals surface area contributed by atoms with Crippen molar-refractivity contribution in [3.05, 3.63) is 59.2 Å². The van der Waals surface area contributed by atoms with Crippen LogP contribution in [0.4, 0.5) is 0 Å². The number of para-hydroxylation sites is 1. The van der Waals surface area contributed by atoms with Gasteiger partial charge in [0.15, 0.2) is 0 Å². The van der Waals surface area contributed by atoms with E-state index in [9.17, 15) is 0 Å². The molecule has 0 bridgehead atoms. The zero-order valence-corrected chi connectivity index (χ0v) is 11.5. The van der Waals surface area contributed by atoms with Crippen molar-refractivity contribution in [2.24, 2.45) is 0 Å². The smallest absolute Gasteiger partial charge is 0.145 e. The molecule has 0 heterocycles. The molecule has 19 heavy (non-hydrogen) atoms. The molecule has 0 fully saturated rings. The van der Waals surface area contributed by atoms with Gasteiger partial charge in [-0.05, 0) is 48.2 Å². The van der Waals surface area contributed by atoms with Crippen LogP contribution < -0.4 is 4.74 Å². The van der Waals surface area contributed by atoms with Crippen LogP contribution in [-0.4, -0.2) is 0 Å². The van der Waals surface area contributed by atoms with Gasteiger partial charge in [0.1, 0.15) is 17.6 Å². The fraction of sp³-hybridized carbons (Fsp3) is 0.235. The number of benzene rings is 2. The molecule has 2 aromatic carbocycles. The molecule has 0 unspecified atom stereocenters. The maximum atomic E-state index is 9.04. The summed E-state index contributed by atoms with van der Waals surface area (Å²) in [5.41, 5.74) is 3.08. The monoisotopic (exact) mass is 251 g/mol. The molecule has 0 amide bonds. The lowest BCUT2D eigenvalue weighted by Gasteiger charge is -2.12. The summed E-state index contributed by atoms with van der Waals surface area (Å²) in [7, 11) is 0.